The monoisotopic (exact) mass is 326 g/mol. The van der Waals surface area contributed by atoms with Crippen LogP contribution in [0.5, 0.6) is 0 Å². The lowest BCUT2D eigenvalue weighted by atomic mass is 10.0. The number of urea groups is 1. The molecule has 0 aliphatic carbocycles. The minimum atomic E-state index is -1.40. The van der Waals surface area contributed by atoms with Gasteiger partial charge in [-0.15, -0.1) is 0 Å². The number of carbonyl (C=O) groups excluding carboxylic acids is 2. The van der Waals surface area contributed by atoms with Crippen LogP contribution in [-0.2, 0) is 9.53 Å². The molecule has 128 valence electrons. The summed E-state index contributed by atoms with van der Waals surface area (Å²) in [6, 6.07) is -0.714. The quantitative estimate of drug-likeness (QED) is 0.424. The largest absolute Gasteiger partial charge is 0.510 e. The van der Waals surface area contributed by atoms with E-state index >= 15 is 0 Å². The molecule has 4 atom stereocenters. The third kappa shape index (κ3) is 3.10. The van der Waals surface area contributed by atoms with Crippen LogP contribution in [0.25, 0.3) is 0 Å². The van der Waals surface area contributed by atoms with Crippen molar-refractivity contribution in [2.75, 3.05) is 6.54 Å². The molecule has 0 unspecified atom stereocenters. The maximum atomic E-state index is 12.0. The summed E-state index contributed by atoms with van der Waals surface area (Å²) in [6.07, 6.45) is -5.08. The van der Waals surface area contributed by atoms with Gasteiger partial charge in [-0.3, -0.25) is 15.0 Å². The van der Waals surface area contributed by atoms with Gasteiger partial charge in [0.15, 0.2) is 6.23 Å². The normalized spacial score (nSPS) is 31.2. The third-order valence-corrected chi connectivity index (χ3v) is 4.01. The molecule has 4 N–H and O–H groups in total. The fraction of sp³-hybridized carbons (Fsp3) is 0.600. The number of hydrogen-bond acceptors (Lipinski definition) is 6. The molecule has 3 amide bonds. The Morgan fingerprint density at radius 2 is 1.78 bits per heavy atom. The maximum absolute atomic E-state index is 12.0. The molecule has 2 aliphatic rings. The molecule has 0 aromatic rings. The molecule has 0 saturated carbocycles. The number of aliphatic hydroxyl groups is 3. The van der Waals surface area contributed by atoms with Crippen LogP contribution in [0.15, 0.2) is 22.5 Å². The molecule has 2 fully saturated rings. The average Bonchev–Trinajstić information content (AvgIpc) is 2.74. The number of rotatable bonds is 2. The molecule has 8 heteroatoms. The van der Waals surface area contributed by atoms with E-state index in [0.717, 1.165) is 10.5 Å². The summed E-state index contributed by atoms with van der Waals surface area (Å²) in [6.45, 7) is 6.71. The highest BCUT2D eigenvalue weighted by atomic mass is 16.6. The summed E-state index contributed by atoms with van der Waals surface area (Å²) < 4.78 is 5.51. The van der Waals surface area contributed by atoms with E-state index in [2.05, 4.69) is 5.32 Å². The van der Waals surface area contributed by atoms with Gasteiger partial charge in [0, 0.05) is 5.57 Å². The Morgan fingerprint density at radius 1 is 1.17 bits per heavy atom. The van der Waals surface area contributed by atoms with Gasteiger partial charge in [0.05, 0.1) is 6.54 Å². The highest BCUT2D eigenvalue weighted by molar-refractivity contribution is 6.07. The van der Waals surface area contributed by atoms with Crippen LogP contribution in [-0.4, -0.2) is 63.2 Å². The first-order chi connectivity index (χ1) is 10.6. The highest BCUT2D eigenvalue weighted by Gasteiger charge is 2.50. The lowest BCUT2D eigenvalue weighted by Gasteiger charge is -2.34. The van der Waals surface area contributed by atoms with Crippen molar-refractivity contribution >= 4 is 11.9 Å². The lowest BCUT2D eigenvalue weighted by Crippen LogP contribution is -2.57. The fourth-order valence-corrected chi connectivity index (χ4v) is 2.58. The number of hydrogen-bond donors (Lipinski definition) is 4. The Kier molecular flexibility index (Phi) is 4.79. The summed E-state index contributed by atoms with van der Waals surface area (Å²) in [4.78, 5) is 25.0. The second kappa shape index (κ2) is 6.31. The van der Waals surface area contributed by atoms with E-state index in [0.29, 0.717) is 11.1 Å². The number of nitrogens with zero attached hydrogens (tertiary/aromatic N) is 1. The molecule has 2 saturated heterocycles. The topological polar surface area (TPSA) is 119 Å². The van der Waals surface area contributed by atoms with Crippen LogP contribution < -0.4 is 5.32 Å². The Labute approximate surface area is 134 Å². The first-order valence-corrected chi connectivity index (χ1v) is 7.31. The smallest absolute Gasteiger partial charge is 0.326 e. The summed E-state index contributed by atoms with van der Waals surface area (Å²) in [5.74, 6) is -0.669. The fourth-order valence-electron chi connectivity index (χ4n) is 2.58. The number of imide groups is 1. The number of aliphatic hydroxyl groups excluding tert-OH is 3. The van der Waals surface area contributed by atoms with E-state index in [1.165, 1.54) is 0 Å². The summed E-state index contributed by atoms with van der Waals surface area (Å²) in [7, 11) is 0. The predicted octanol–water partition coefficient (Wildman–Crippen LogP) is 0.173. The zero-order valence-corrected chi connectivity index (χ0v) is 13.5. The highest BCUT2D eigenvalue weighted by Crippen LogP contribution is 2.30. The molecule has 8 nitrogen and oxygen atoms in total. The van der Waals surface area contributed by atoms with Crippen molar-refractivity contribution in [1.82, 2.24) is 10.2 Å². The molecule has 2 rings (SSSR count). The van der Waals surface area contributed by atoms with Gasteiger partial charge in [0.25, 0.3) is 5.91 Å². The zero-order valence-electron chi connectivity index (χ0n) is 13.5. The van der Waals surface area contributed by atoms with Crippen LogP contribution in [0.4, 0.5) is 4.79 Å². The lowest BCUT2D eigenvalue weighted by molar-refractivity contribution is -0.120. The van der Waals surface area contributed by atoms with E-state index in [4.69, 9.17) is 4.74 Å². The van der Waals surface area contributed by atoms with Crippen LogP contribution in [0.1, 0.15) is 27.7 Å². The van der Waals surface area contributed by atoms with Crippen LogP contribution in [0, 0.1) is 0 Å². The van der Waals surface area contributed by atoms with Gasteiger partial charge in [0.1, 0.15) is 24.1 Å². The van der Waals surface area contributed by atoms with Crippen molar-refractivity contribution in [3.05, 3.63) is 22.5 Å². The van der Waals surface area contributed by atoms with Crippen molar-refractivity contribution in [1.29, 1.82) is 0 Å². The molecule has 0 aromatic carbocycles. The standard InChI is InChI=1S/C15H22N2O6/c1-6(2)8-5-17(15(22)16-13(8)21)14-11(20)10(19)12(23-14)9(18)7(3)4/h10-12,14,18-20H,5H2,1-4H3,(H,16,21,22)/t10-,11+,12+,14+/m0/s1. The van der Waals surface area contributed by atoms with Crippen molar-refractivity contribution in [3.63, 3.8) is 0 Å². The first kappa shape index (κ1) is 17.5. The van der Waals surface area contributed by atoms with Crippen LogP contribution in [0.2, 0.25) is 0 Å². The maximum Gasteiger partial charge on any atom is 0.326 e. The van der Waals surface area contributed by atoms with Gasteiger partial charge in [-0.2, -0.15) is 0 Å². The molecule has 2 heterocycles. The van der Waals surface area contributed by atoms with Crippen molar-refractivity contribution < 1.29 is 29.6 Å². The summed E-state index contributed by atoms with van der Waals surface area (Å²) in [5, 5.41) is 32.4. The van der Waals surface area contributed by atoms with Crippen LogP contribution >= 0.6 is 0 Å². The van der Waals surface area contributed by atoms with E-state index in [9.17, 15) is 24.9 Å². The number of amides is 3. The number of carbonyl (C=O) groups is 2. The molecular formula is C15H22N2O6. The van der Waals surface area contributed by atoms with Gasteiger partial charge in [-0.25, -0.2) is 4.79 Å². The number of nitrogens with one attached hydrogen (secondary N) is 1. The molecule has 0 bridgehead atoms. The van der Waals surface area contributed by atoms with Gasteiger partial charge in [-0.1, -0.05) is 5.57 Å². The Balaban J connectivity index is 2.28. The summed E-state index contributed by atoms with van der Waals surface area (Å²) >= 11 is 0. The van der Waals surface area contributed by atoms with Crippen molar-refractivity contribution in [2.24, 2.45) is 0 Å². The Bertz CT molecular complexity index is 589. The number of allylic oxidation sites excluding steroid dienone is 2. The minimum Gasteiger partial charge on any atom is -0.510 e. The SMILES string of the molecule is CC(C)=C1CN([C@@H]2O[C@H](C(O)=C(C)C)[C@@H](O)[C@H]2O)C(=O)NC1=O. The first-order valence-electron chi connectivity index (χ1n) is 7.31. The zero-order chi connectivity index (χ0) is 17.5. The predicted molar refractivity (Wildman–Crippen MR) is 80.3 cm³/mol. The van der Waals surface area contributed by atoms with Gasteiger partial charge < -0.3 is 20.1 Å². The van der Waals surface area contributed by atoms with Gasteiger partial charge in [-0.05, 0) is 33.3 Å². The summed E-state index contributed by atoms with van der Waals surface area (Å²) in [5.41, 5.74) is 1.66. The van der Waals surface area contributed by atoms with E-state index < -0.39 is 36.5 Å². The molecule has 0 radical (unpaired) electrons. The second-order valence-corrected chi connectivity index (χ2v) is 6.18. The minimum absolute atomic E-state index is 0.0379. The van der Waals surface area contributed by atoms with E-state index in [-0.39, 0.29) is 12.3 Å². The van der Waals surface area contributed by atoms with Gasteiger partial charge >= 0.3 is 6.03 Å². The van der Waals surface area contributed by atoms with E-state index in [1.807, 2.05) is 0 Å². The average molecular weight is 326 g/mol. The third-order valence-electron chi connectivity index (χ3n) is 4.01. The molecule has 0 aromatic heterocycles. The Morgan fingerprint density at radius 3 is 2.30 bits per heavy atom. The number of ether oxygens (including phenoxy) is 1. The Hall–Kier alpha value is -1.90. The molecule has 0 spiro atoms. The molecule has 23 heavy (non-hydrogen) atoms. The second-order valence-electron chi connectivity index (χ2n) is 6.18. The van der Waals surface area contributed by atoms with Gasteiger partial charge in [0.2, 0.25) is 0 Å². The van der Waals surface area contributed by atoms with Crippen molar-refractivity contribution in [3.8, 4) is 0 Å². The van der Waals surface area contributed by atoms with Crippen molar-refractivity contribution in [2.45, 2.75) is 52.2 Å². The molecular weight excluding hydrogens is 304 g/mol. The molecule has 2 aliphatic heterocycles. The van der Waals surface area contributed by atoms with E-state index in [1.54, 1.807) is 27.7 Å². The van der Waals surface area contributed by atoms with Crippen LogP contribution in [0.3, 0.4) is 0 Å².